The number of nitrogens with one attached hydrogen (secondary N) is 2. The number of hydrogen-bond donors (Lipinski definition) is 2. The van der Waals surface area contributed by atoms with Gasteiger partial charge in [0.25, 0.3) is 0 Å². The summed E-state index contributed by atoms with van der Waals surface area (Å²) in [6.45, 7) is 2.32. The van der Waals surface area contributed by atoms with E-state index in [0.29, 0.717) is 18.8 Å². The Morgan fingerprint density at radius 1 is 1.39 bits per heavy atom. The molecule has 1 aromatic carbocycles. The molecule has 94 valence electrons. The average molecular weight is 245 g/mol. The minimum atomic E-state index is -0.104. The van der Waals surface area contributed by atoms with Crippen LogP contribution in [0, 0.1) is 6.92 Å². The van der Waals surface area contributed by atoms with Crippen LogP contribution >= 0.6 is 0 Å². The Kier molecular flexibility index (Phi) is 3.96. The lowest BCUT2D eigenvalue weighted by molar-refractivity contribution is -0.116. The van der Waals surface area contributed by atoms with Crippen molar-refractivity contribution in [2.75, 3.05) is 11.9 Å². The zero-order valence-corrected chi connectivity index (χ0v) is 10.1. The van der Waals surface area contributed by atoms with E-state index in [-0.39, 0.29) is 5.91 Å². The molecule has 1 amide bonds. The molecular weight excluding hydrogens is 230 g/mol. The summed E-state index contributed by atoms with van der Waals surface area (Å²) < 4.78 is 5.54. The lowest BCUT2D eigenvalue weighted by Crippen LogP contribution is -2.15. The van der Waals surface area contributed by atoms with E-state index < -0.39 is 0 Å². The maximum Gasteiger partial charge on any atom is 0.228 e. The van der Waals surface area contributed by atoms with Crippen molar-refractivity contribution in [2.45, 2.75) is 13.3 Å². The fourth-order valence-corrected chi connectivity index (χ4v) is 1.51. The van der Waals surface area contributed by atoms with Crippen LogP contribution in [0.1, 0.15) is 12.0 Å². The monoisotopic (exact) mass is 245 g/mol. The van der Waals surface area contributed by atoms with Gasteiger partial charge < -0.3 is 10.1 Å². The first-order valence-electron chi connectivity index (χ1n) is 5.73. The average Bonchev–Trinajstić information content (AvgIpc) is 2.84. The summed E-state index contributed by atoms with van der Waals surface area (Å²) in [6, 6.07) is 9.42. The van der Waals surface area contributed by atoms with E-state index in [1.54, 1.807) is 12.3 Å². The van der Waals surface area contributed by atoms with E-state index in [4.69, 9.17) is 4.74 Å². The zero-order chi connectivity index (χ0) is 12.8. The number of hydrogen-bond acceptors (Lipinski definition) is 3. The molecule has 0 radical (unpaired) electrons. The number of carbonyl (C=O) groups is 1. The first-order chi connectivity index (χ1) is 8.75. The SMILES string of the molecule is Cc1ccccc1OCCC(=O)Nc1ccn[nH]1. The van der Waals surface area contributed by atoms with Gasteiger partial charge in [-0.2, -0.15) is 5.10 Å². The number of H-pyrrole nitrogens is 1. The van der Waals surface area contributed by atoms with Gasteiger partial charge in [-0.25, -0.2) is 0 Å². The van der Waals surface area contributed by atoms with Gasteiger partial charge in [0.2, 0.25) is 5.91 Å². The van der Waals surface area contributed by atoms with Crippen molar-refractivity contribution in [1.29, 1.82) is 0 Å². The van der Waals surface area contributed by atoms with Crippen LogP contribution in [0.15, 0.2) is 36.5 Å². The van der Waals surface area contributed by atoms with Crippen molar-refractivity contribution in [1.82, 2.24) is 10.2 Å². The number of rotatable bonds is 5. The predicted molar refractivity (Wildman–Crippen MR) is 68.5 cm³/mol. The van der Waals surface area contributed by atoms with Crippen molar-refractivity contribution in [2.24, 2.45) is 0 Å². The Morgan fingerprint density at radius 2 is 2.22 bits per heavy atom. The molecule has 0 unspecified atom stereocenters. The molecule has 0 saturated carbocycles. The lowest BCUT2D eigenvalue weighted by Gasteiger charge is -2.08. The molecule has 1 aromatic heterocycles. The molecule has 0 bridgehead atoms. The third kappa shape index (κ3) is 3.35. The molecule has 18 heavy (non-hydrogen) atoms. The van der Waals surface area contributed by atoms with Crippen molar-refractivity contribution < 1.29 is 9.53 Å². The quantitative estimate of drug-likeness (QED) is 0.848. The van der Waals surface area contributed by atoms with Crippen molar-refractivity contribution in [3.63, 3.8) is 0 Å². The number of ether oxygens (including phenoxy) is 1. The molecule has 2 rings (SSSR count). The van der Waals surface area contributed by atoms with Crippen molar-refractivity contribution in [3.05, 3.63) is 42.1 Å². The Hall–Kier alpha value is -2.30. The highest BCUT2D eigenvalue weighted by Gasteiger charge is 2.04. The summed E-state index contributed by atoms with van der Waals surface area (Å²) in [7, 11) is 0. The minimum Gasteiger partial charge on any atom is -0.493 e. The van der Waals surface area contributed by atoms with E-state index in [0.717, 1.165) is 11.3 Å². The molecule has 0 aliphatic heterocycles. The van der Waals surface area contributed by atoms with Crippen LogP contribution in [0.5, 0.6) is 5.75 Å². The number of para-hydroxylation sites is 1. The highest BCUT2D eigenvalue weighted by Crippen LogP contribution is 2.16. The molecular formula is C13H15N3O2. The number of nitrogens with zero attached hydrogens (tertiary/aromatic N) is 1. The Morgan fingerprint density at radius 3 is 2.94 bits per heavy atom. The number of carbonyl (C=O) groups excluding carboxylic acids is 1. The van der Waals surface area contributed by atoms with Gasteiger partial charge in [0.1, 0.15) is 11.6 Å². The van der Waals surface area contributed by atoms with Gasteiger partial charge >= 0.3 is 0 Å². The molecule has 0 aliphatic rings. The van der Waals surface area contributed by atoms with E-state index in [1.807, 2.05) is 31.2 Å². The van der Waals surface area contributed by atoms with Crippen LogP contribution in [-0.2, 0) is 4.79 Å². The summed E-state index contributed by atoms with van der Waals surface area (Å²) >= 11 is 0. The fourth-order valence-electron chi connectivity index (χ4n) is 1.51. The Bertz CT molecular complexity index is 509. The molecule has 5 nitrogen and oxygen atoms in total. The first-order valence-corrected chi connectivity index (χ1v) is 5.73. The molecule has 0 aliphatic carbocycles. The van der Waals surface area contributed by atoms with Gasteiger partial charge in [0.15, 0.2) is 0 Å². The van der Waals surface area contributed by atoms with Gasteiger partial charge in [0, 0.05) is 6.07 Å². The van der Waals surface area contributed by atoms with Crippen LogP contribution in [0.25, 0.3) is 0 Å². The van der Waals surface area contributed by atoms with Crippen molar-refractivity contribution in [3.8, 4) is 5.75 Å². The second-order valence-corrected chi connectivity index (χ2v) is 3.88. The summed E-state index contributed by atoms with van der Waals surface area (Å²) in [5.41, 5.74) is 1.06. The normalized spacial score (nSPS) is 10.1. The molecule has 1 heterocycles. The zero-order valence-electron chi connectivity index (χ0n) is 10.1. The van der Waals surface area contributed by atoms with Crippen LogP contribution in [0.3, 0.4) is 0 Å². The van der Waals surface area contributed by atoms with Crippen LogP contribution in [0.2, 0.25) is 0 Å². The number of benzene rings is 1. The Labute approximate surface area is 105 Å². The first kappa shape index (κ1) is 12.2. The fraction of sp³-hybridized carbons (Fsp3) is 0.231. The third-order valence-corrected chi connectivity index (χ3v) is 2.46. The van der Waals surface area contributed by atoms with E-state index in [1.165, 1.54) is 0 Å². The van der Waals surface area contributed by atoms with Crippen molar-refractivity contribution >= 4 is 11.7 Å². The molecule has 5 heteroatoms. The number of aryl methyl sites for hydroxylation is 1. The molecule has 0 saturated heterocycles. The van der Waals surface area contributed by atoms with E-state index in [9.17, 15) is 4.79 Å². The third-order valence-electron chi connectivity index (χ3n) is 2.46. The van der Waals surface area contributed by atoms with Gasteiger partial charge in [-0.15, -0.1) is 0 Å². The minimum absolute atomic E-state index is 0.104. The second kappa shape index (κ2) is 5.86. The summed E-state index contributed by atoms with van der Waals surface area (Å²) in [4.78, 5) is 11.5. The number of amides is 1. The van der Waals surface area contributed by atoms with Gasteiger partial charge in [-0.05, 0) is 18.6 Å². The van der Waals surface area contributed by atoms with Gasteiger partial charge in [-0.1, -0.05) is 18.2 Å². The van der Waals surface area contributed by atoms with Gasteiger partial charge in [0.05, 0.1) is 19.2 Å². The molecule has 0 fully saturated rings. The largest absolute Gasteiger partial charge is 0.493 e. The second-order valence-electron chi connectivity index (χ2n) is 3.88. The Balaban J connectivity index is 1.75. The maximum absolute atomic E-state index is 11.5. The highest BCUT2D eigenvalue weighted by molar-refractivity contribution is 5.89. The number of aromatic nitrogens is 2. The predicted octanol–water partition coefficient (Wildman–Crippen LogP) is 2.13. The summed E-state index contributed by atoms with van der Waals surface area (Å²) in [6.07, 6.45) is 1.88. The van der Waals surface area contributed by atoms with Crippen LogP contribution in [-0.4, -0.2) is 22.7 Å². The van der Waals surface area contributed by atoms with E-state index >= 15 is 0 Å². The topological polar surface area (TPSA) is 67.0 Å². The molecule has 0 spiro atoms. The van der Waals surface area contributed by atoms with Gasteiger partial charge in [-0.3, -0.25) is 9.89 Å². The number of anilines is 1. The summed E-state index contributed by atoms with van der Waals surface area (Å²) in [5.74, 6) is 1.30. The maximum atomic E-state index is 11.5. The smallest absolute Gasteiger partial charge is 0.228 e. The molecule has 2 aromatic rings. The molecule has 2 N–H and O–H groups in total. The lowest BCUT2D eigenvalue weighted by atomic mass is 10.2. The molecule has 0 atom stereocenters. The standard InChI is InChI=1S/C13H15N3O2/c1-10-4-2-3-5-11(10)18-9-7-13(17)15-12-6-8-14-16-12/h2-6,8H,7,9H2,1H3,(H2,14,15,16,17). The summed E-state index contributed by atoms with van der Waals surface area (Å²) in [5, 5.41) is 9.09. The van der Waals surface area contributed by atoms with Crippen LogP contribution in [0.4, 0.5) is 5.82 Å². The van der Waals surface area contributed by atoms with Crippen LogP contribution < -0.4 is 10.1 Å². The van der Waals surface area contributed by atoms with E-state index in [2.05, 4.69) is 15.5 Å². The highest BCUT2D eigenvalue weighted by atomic mass is 16.5. The number of aromatic amines is 1.